The molecule has 1 N–H and O–H groups in total. The van der Waals surface area contributed by atoms with E-state index in [4.69, 9.17) is 9.47 Å². The number of benzene rings is 3. The summed E-state index contributed by atoms with van der Waals surface area (Å²) < 4.78 is 14.1. The van der Waals surface area contributed by atoms with Gasteiger partial charge in [0.25, 0.3) is 0 Å². The van der Waals surface area contributed by atoms with E-state index in [1.807, 2.05) is 78.9 Å². The van der Waals surface area contributed by atoms with Crippen LogP contribution in [0.3, 0.4) is 0 Å². The molecular formula is C32H36NO4+. The van der Waals surface area contributed by atoms with Crippen molar-refractivity contribution in [2.24, 2.45) is 0 Å². The second kappa shape index (κ2) is 10.1. The SMILES string of the molecule is O=C(OC1CC2CCC(C1)[N+]21CCCC1)C(OC(O)c1ccccc1)(c1ccccc1)c1ccccc1. The van der Waals surface area contributed by atoms with Crippen molar-refractivity contribution < 1.29 is 23.9 Å². The van der Waals surface area contributed by atoms with Crippen LogP contribution >= 0.6 is 0 Å². The standard InChI is InChI=1S/C32H36NO4/c34-30(24-12-4-1-5-13-24)37-32(25-14-6-2-7-15-25,26-16-8-3-9-17-26)31(35)36-29-22-27-18-19-28(23-29)33(27)20-10-11-21-33/h1-9,12-17,27-30,34H,10-11,18-23H2/q+1. The van der Waals surface area contributed by atoms with E-state index in [1.165, 1.54) is 43.3 Å². The quantitative estimate of drug-likeness (QED) is 0.266. The summed E-state index contributed by atoms with van der Waals surface area (Å²) in [7, 11) is 0. The predicted octanol–water partition coefficient (Wildman–Crippen LogP) is 5.49. The first-order valence-electron chi connectivity index (χ1n) is 13.7. The highest BCUT2D eigenvalue weighted by atomic mass is 16.6. The number of hydrogen-bond acceptors (Lipinski definition) is 4. The van der Waals surface area contributed by atoms with Crippen LogP contribution in [-0.2, 0) is 19.9 Å². The number of carbonyl (C=O) groups excluding carboxylic acids is 1. The number of rotatable bonds is 7. The summed E-state index contributed by atoms with van der Waals surface area (Å²) in [6.07, 6.45) is 5.44. The maximum Gasteiger partial charge on any atom is 0.348 e. The molecule has 1 spiro atoms. The van der Waals surface area contributed by atoms with Gasteiger partial charge in [-0.15, -0.1) is 0 Å². The van der Waals surface area contributed by atoms with Crippen LogP contribution in [0.5, 0.6) is 0 Å². The number of nitrogens with zero attached hydrogens (tertiary/aromatic N) is 1. The zero-order valence-electron chi connectivity index (χ0n) is 21.2. The van der Waals surface area contributed by atoms with Crippen molar-refractivity contribution in [1.82, 2.24) is 0 Å². The van der Waals surface area contributed by atoms with E-state index in [9.17, 15) is 9.90 Å². The Morgan fingerprint density at radius 3 is 1.78 bits per heavy atom. The third kappa shape index (κ3) is 4.29. The van der Waals surface area contributed by atoms with Gasteiger partial charge in [-0.05, 0) is 11.1 Å². The minimum Gasteiger partial charge on any atom is -0.459 e. The molecule has 5 heteroatoms. The molecule has 3 saturated heterocycles. The molecule has 5 nitrogen and oxygen atoms in total. The molecule has 0 aliphatic carbocycles. The monoisotopic (exact) mass is 498 g/mol. The summed E-state index contributed by atoms with van der Waals surface area (Å²) in [5.41, 5.74) is 0.266. The lowest BCUT2D eigenvalue weighted by atomic mass is 9.85. The Balaban J connectivity index is 1.36. The van der Waals surface area contributed by atoms with E-state index < -0.39 is 17.9 Å². The maximum atomic E-state index is 14.4. The fourth-order valence-electron chi connectivity index (χ4n) is 7.33. The van der Waals surface area contributed by atoms with E-state index in [0.717, 1.165) is 12.8 Å². The second-order valence-electron chi connectivity index (χ2n) is 10.9. The van der Waals surface area contributed by atoms with Crippen molar-refractivity contribution in [3.63, 3.8) is 0 Å². The molecule has 0 aromatic heterocycles. The van der Waals surface area contributed by atoms with Gasteiger partial charge >= 0.3 is 5.97 Å². The van der Waals surface area contributed by atoms with Crippen molar-refractivity contribution in [2.75, 3.05) is 13.1 Å². The average Bonchev–Trinajstić information content (AvgIpc) is 3.49. The Morgan fingerprint density at radius 1 is 0.784 bits per heavy atom. The minimum atomic E-state index is -1.60. The lowest BCUT2D eigenvalue weighted by Gasteiger charge is -2.47. The molecule has 0 radical (unpaired) electrons. The van der Waals surface area contributed by atoms with Gasteiger partial charge in [0.2, 0.25) is 5.60 Å². The zero-order chi connectivity index (χ0) is 25.3. The van der Waals surface area contributed by atoms with Crippen molar-refractivity contribution in [1.29, 1.82) is 0 Å². The molecule has 3 atom stereocenters. The van der Waals surface area contributed by atoms with Crippen LogP contribution in [0.1, 0.15) is 61.5 Å². The highest BCUT2D eigenvalue weighted by Crippen LogP contribution is 2.47. The molecule has 3 unspecified atom stereocenters. The van der Waals surface area contributed by atoms with E-state index in [0.29, 0.717) is 28.8 Å². The van der Waals surface area contributed by atoms with Crippen LogP contribution in [0.4, 0.5) is 0 Å². The Hall–Kier alpha value is -2.99. The van der Waals surface area contributed by atoms with E-state index >= 15 is 0 Å². The van der Waals surface area contributed by atoms with Crippen molar-refractivity contribution >= 4 is 5.97 Å². The number of carbonyl (C=O) groups is 1. The van der Waals surface area contributed by atoms with Crippen LogP contribution < -0.4 is 0 Å². The van der Waals surface area contributed by atoms with E-state index in [-0.39, 0.29) is 6.10 Å². The molecule has 192 valence electrons. The van der Waals surface area contributed by atoms with Crippen LogP contribution in [-0.4, -0.2) is 46.8 Å². The van der Waals surface area contributed by atoms with Crippen molar-refractivity contribution in [2.45, 2.75) is 68.6 Å². The summed E-state index contributed by atoms with van der Waals surface area (Å²) in [5, 5.41) is 11.2. The van der Waals surface area contributed by atoms with Gasteiger partial charge in [-0.3, -0.25) is 0 Å². The normalized spacial score (nSPS) is 25.2. The second-order valence-corrected chi connectivity index (χ2v) is 10.9. The Morgan fingerprint density at radius 2 is 1.27 bits per heavy atom. The smallest absolute Gasteiger partial charge is 0.348 e. The van der Waals surface area contributed by atoms with Crippen LogP contribution in [0.15, 0.2) is 91.0 Å². The largest absolute Gasteiger partial charge is 0.459 e. The molecule has 3 aliphatic rings. The predicted molar refractivity (Wildman–Crippen MR) is 141 cm³/mol. The third-order valence-electron chi connectivity index (χ3n) is 9.05. The highest BCUT2D eigenvalue weighted by molar-refractivity contribution is 5.86. The maximum absolute atomic E-state index is 14.4. The fraction of sp³-hybridized carbons (Fsp3) is 0.406. The van der Waals surface area contributed by atoms with Gasteiger partial charge in [0.15, 0.2) is 6.29 Å². The molecule has 3 aliphatic heterocycles. The van der Waals surface area contributed by atoms with Gasteiger partial charge in [0, 0.05) is 44.1 Å². The Bertz CT molecular complexity index is 1140. The van der Waals surface area contributed by atoms with Gasteiger partial charge in [-0.1, -0.05) is 91.0 Å². The Labute approximate surface area is 219 Å². The lowest BCUT2D eigenvalue weighted by molar-refractivity contribution is -0.956. The number of aliphatic hydroxyl groups excluding tert-OH is 1. The fourth-order valence-corrected chi connectivity index (χ4v) is 7.33. The van der Waals surface area contributed by atoms with Gasteiger partial charge in [0.05, 0.1) is 25.2 Å². The first kappa shape index (κ1) is 24.4. The number of esters is 1. The van der Waals surface area contributed by atoms with Gasteiger partial charge < -0.3 is 19.1 Å². The highest BCUT2D eigenvalue weighted by Gasteiger charge is 2.57. The molecule has 6 rings (SSSR count). The molecule has 3 fully saturated rings. The average molecular weight is 499 g/mol. The summed E-state index contributed by atoms with van der Waals surface area (Å²) in [5.74, 6) is -0.459. The van der Waals surface area contributed by atoms with Crippen LogP contribution in [0.2, 0.25) is 0 Å². The summed E-state index contributed by atoms with van der Waals surface area (Å²) in [6, 6.07) is 29.2. The van der Waals surface area contributed by atoms with Crippen molar-refractivity contribution in [3.8, 4) is 0 Å². The molecule has 3 aromatic carbocycles. The molecule has 3 aromatic rings. The molecule has 3 heterocycles. The topological polar surface area (TPSA) is 55.8 Å². The van der Waals surface area contributed by atoms with Gasteiger partial charge in [-0.2, -0.15) is 0 Å². The van der Waals surface area contributed by atoms with E-state index in [2.05, 4.69) is 0 Å². The van der Waals surface area contributed by atoms with Crippen LogP contribution in [0, 0.1) is 0 Å². The first-order chi connectivity index (χ1) is 18.1. The van der Waals surface area contributed by atoms with E-state index in [1.54, 1.807) is 12.1 Å². The summed E-state index contributed by atoms with van der Waals surface area (Å²) in [6.45, 7) is 2.56. The van der Waals surface area contributed by atoms with Gasteiger partial charge in [0.1, 0.15) is 6.10 Å². The molecule has 37 heavy (non-hydrogen) atoms. The zero-order valence-corrected chi connectivity index (χ0v) is 21.2. The number of quaternary nitrogens is 1. The third-order valence-corrected chi connectivity index (χ3v) is 9.05. The number of piperidine rings is 1. The number of ether oxygens (including phenoxy) is 2. The Kier molecular flexibility index (Phi) is 6.62. The number of aliphatic hydroxyl groups is 1. The van der Waals surface area contributed by atoms with Gasteiger partial charge in [-0.25, -0.2) is 4.79 Å². The molecular weight excluding hydrogens is 462 g/mol. The molecule has 0 amide bonds. The minimum absolute atomic E-state index is 0.140. The molecule has 2 bridgehead atoms. The number of hydrogen-bond donors (Lipinski definition) is 1. The molecule has 0 saturated carbocycles. The van der Waals surface area contributed by atoms with Crippen molar-refractivity contribution in [3.05, 3.63) is 108 Å². The first-order valence-corrected chi connectivity index (χ1v) is 13.7. The summed E-state index contributed by atoms with van der Waals surface area (Å²) in [4.78, 5) is 14.4. The lowest BCUT2D eigenvalue weighted by Crippen LogP contribution is -2.60. The van der Waals surface area contributed by atoms with Crippen LogP contribution in [0.25, 0.3) is 0 Å². The summed E-state index contributed by atoms with van der Waals surface area (Å²) >= 11 is 0.